The lowest BCUT2D eigenvalue weighted by atomic mass is 10.1. The van der Waals surface area contributed by atoms with Crippen LogP contribution in [-0.4, -0.2) is 38.6 Å². The molecule has 2 aromatic rings. The summed E-state index contributed by atoms with van der Waals surface area (Å²) in [6.07, 6.45) is 0.275. The molecule has 1 aliphatic rings. The van der Waals surface area contributed by atoms with E-state index in [1.54, 1.807) is 30.2 Å². The molecule has 6 nitrogen and oxygen atoms in total. The molecule has 1 atom stereocenters. The molecule has 3 rings (SSSR count). The summed E-state index contributed by atoms with van der Waals surface area (Å²) in [5.41, 5.74) is 3.59. The average molecular weight is 368 g/mol. The fourth-order valence-corrected chi connectivity index (χ4v) is 3.20. The molecule has 142 valence electrons. The second-order valence-corrected chi connectivity index (χ2v) is 6.71. The highest BCUT2D eigenvalue weighted by Crippen LogP contribution is 2.26. The third kappa shape index (κ3) is 3.89. The number of benzene rings is 2. The number of nitrogens with one attached hydrogen (secondary N) is 1. The smallest absolute Gasteiger partial charge is 0.255 e. The second kappa shape index (κ2) is 7.70. The van der Waals surface area contributed by atoms with Gasteiger partial charge in [0, 0.05) is 24.7 Å². The van der Waals surface area contributed by atoms with E-state index in [0.717, 1.165) is 11.3 Å². The van der Waals surface area contributed by atoms with Crippen molar-refractivity contribution in [3.8, 4) is 11.5 Å². The molecule has 1 saturated heterocycles. The number of methoxy groups -OCH3 is 2. The van der Waals surface area contributed by atoms with Crippen LogP contribution < -0.4 is 19.7 Å². The van der Waals surface area contributed by atoms with Crippen LogP contribution in [0.3, 0.4) is 0 Å². The highest BCUT2D eigenvalue weighted by Gasteiger charge is 2.32. The molecular formula is C21H24N2O4. The van der Waals surface area contributed by atoms with E-state index < -0.39 is 0 Å². The molecule has 2 amide bonds. The lowest BCUT2D eigenvalue weighted by molar-refractivity contribution is -0.117. The van der Waals surface area contributed by atoms with E-state index in [9.17, 15) is 9.59 Å². The number of hydrogen-bond donors (Lipinski definition) is 1. The molecule has 27 heavy (non-hydrogen) atoms. The van der Waals surface area contributed by atoms with Crippen LogP contribution in [0.2, 0.25) is 0 Å². The summed E-state index contributed by atoms with van der Waals surface area (Å²) in [6, 6.07) is 10.7. The largest absolute Gasteiger partial charge is 0.497 e. The molecule has 1 unspecified atom stereocenters. The van der Waals surface area contributed by atoms with Gasteiger partial charge in [-0.05, 0) is 49.2 Å². The van der Waals surface area contributed by atoms with Gasteiger partial charge in [0.2, 0.25) is 5.91 Å². The fraction of sp³-hybridized carbons (Fsp3) is 0.333. The number of rotatable bonds is 5. The van der Waals surface area contributed by atoms with Gasteiger partial charge in [-0.15, -0.1) is 0 Å². The number of aryl methyl sites for hydroxylation is 2. The topological polar surface area (TPSA) is 67.9 Å². The maximum atomic E-state index is 12.7. The SMILES string of the molecule is COc1ccc(C(=O)NC2CC(=O)N(c3ccc(C)c(C)c3)C2)c(OC)c1. The Morgan fingerprint density at radius 2 is 1.85 bits per heavy atom. The van der Waals surface area contributed by atoms with Crippen LogP contribution in [0.4, 0.5) is 5.69 Å². The van der Waals surface area contributed by atoms with Gasteiger partial charge in [-0.1, -0.05) is 6.07 Å². The van der Waals surface area contributed by atoms with E-state index in [4.69, 9.17) is 9.47 Å². The number of hydrogen-bond acceptors (Lipinski definition) is 4. The number of nitrogens with zero attached hydrogens (tertiary/aromatic N) is 1. The van der Waals surface area contributed by atoms with Crippen LogP contribution in [0.5, 0.6) is 11.5 Å². The zero-order valence-corrected chi connectivity index (χ0v) is 16.0. The lowest BCUT2D eigenvalue weighted by Gasteiger charge is -2.19. The molecule has 0 spiro atoms. The molecule has 2 aromatic carbocycles. The zero-order valence-electron chi connectivity index (χ0n) is 16.0. The van der Waals surface area contributed by atoms with Gasteiger partial charge in [-0.3, -0.25) is 9.59 Å². The first-order valence-corrected chi connectivity index (χ1v) is 8.83. The molecular weight excluding hydrogens is 344 g/mol. The van der Waals surface area contributed by atoms with Crippen molar-refractivity contribution in [1.82, 2.24) is 5.32 Å². The minimum atomic E-state index is -0.269. The average Bonchev–Trinajstić information content (AvgIpc) is 3.03. The van der Waals surface area contributed by atoms with Gasteiger partial charge in [0.25, 0.3) is 5.91 Å². The fourth-order valence-electron chi connectivity index (χ4n) is 3.20. The normalized spacial score (nSPS) is 16.4. The summed E-state index contributed by atoms with van der Waals surface area (Å²) in [7, 11) is 3.06. The first-order chi connectivity index (χ1) is 12.9. The lowest BCUT2D eigenvalue weighted by Crippen LogP contribution is -2.37. The van der Waals surface area contributed by atoms with Gasteiger partial charge in [0.1, 0.15) is 11.5 Å². The highest BCUT2D eigenvalue weighted by molar-refractivity contribution is 6.00. The maximum Gasteiger partial charge on any atom is 0.255 e. The van der Waals surface area contributed by atoms with E-state index in [1.165, 1.54) is 12.7 Å². The first-order valence-electron chi connectivity index (χ1n) is 8.83. The second-order valence-electron chi connectivity index (χ2n) is 6.71. The van der Waals surface area contributed by atoms with Crippen LogP contribution in [0.1, 0.15) is 27.9 Å². The van der Waals surface area contributed by atoms with Crippen molar-refractivity contribution in [2.24, 2.45) is 0 Å². The standard InChI is InChI=1S/C21H24N2O4/c1-13-5-6-16(9-14(13)2)23-12-15(10-20(23)24)22-21(25)18-8-7-17(26-3)11-19(18)27-4/h5-9,11,15H,10,12H2,1-4H3,(H,22,25). The van der Waals surface area contributed by atoms with Crippen LogP contribution >= 0.6 is 0 Å². The highest BCUT2D eigenvalue weighted by atomic mass is 16.5. The van der Waals surface area contributed by atoms with Crippen molar-refractivity contribution in [2.45, 2.75) is 26.3 Å². The summed E-state index contributed by atoms with van der Waals surface area (Å²) in [5.74, 6) is 0.780. The molecule has 6 heteroatoms. The van der Waals surface area contributed by atoms with E-state index in [-0.39, 0.29) is 24.3 Å². The summed E-state index contributed by atoms with van der Waals surface area (Å²) >= 11 is 0. The van der Waals surface area contributed by atoms with E-state index in [0.29, 0.717) is 23.6 Å². The molecule has 1 fully saturated rings. The van der Waals surface area contributed by atoms with Crippen molar-refractivity contribution < 1.29 is 19.1 Å². The van der Waals surface area contributed by atoms with Gasteiger partial charge < -0.3 is 19.7 Å². The maximum absolute atomic E-state index is 12.7. The number of ether oxygens (including phenoxy) is 2. The van der Waals surface area contributed by atoms with Crippen molar-refractivity contribution in [3.05, 3.63) is 53.1 Å². The Hall–Kier alpha value is -3.02. The van der Waals surface area contributed by atoms with Gasteiger partial charge >= 0.3 is 0 Å². The van der Waals surface area contributed by atoms with Crippen LogP contribution in [0.15, 0.2) is 36.4 Å². The summed E-state index contributed by atoms with van der Waals surface area (Å²) in [6.45, 7) is 4.51. The Kier molecular flexibility index (Phi) is 5.35. The molecule has 0 radical (unpaired) electrons. The molecule has 1 heterocycles. The minimum absolute atomic E-state index is 0.00486. The summed E-state index contributed by atoms with van der Waals surface area (Å²) in [4.78, 5) is 26.8. The van der Waals surface area contributed by atoms with E-state index in [2.05, 4.69) is 5.32 Å². The van der Waals surface area contributed by atoms with Gasteiger partial charge in [0.05, 0.1) is 25.8 Å². The first kappa shape index (κ1) is 18.8. The molecule has 1 N–H and O–H groups in total. The molecule has 1 aliphatic heterocycles. The Labute approximate surface area is 159 Å². The van der Waals surface area contributed by atoms with Gasteiger partial charge in [-0.25, -0.2) is 0 Å². The number of amides is 2. The Bertz CT molecular complexity index is 878. The Morgan fingerprint density at radius 1 is 1.07 bits per heavy atom. The van der Waals surface area contributed by atoms with Crippen molar-refractivity contribution >= 4 is 17.5 Å². The summed E-state index contributed by atoms with van der Waals surface area (Å²) in [5, 5.41) is 2.94. The van der Waals surface area contributed by atoms with Crippen molar-refractivity contribution in [3.63, 3.8) is 0 Å². The predicted octanol–water partition coefficient (Wildman–Crippen LogP) is 2.86. The van der Waals surface area contributed by atoms with Gasteiger partial charge in [-0.2, -0.15) is 0 Å². The van der Waals surface area contributed by atoms with Crippen LogP contribution in [-0.2, 0) is 4.79 Å². The third-order valence-electron chi connectivity index (χ3n) is 4.92. The summed E-state index contributed by atoms with van der Waals surface area (Å²) < 4.78 is 10.4. The molecule has 0 aromatic heterocycles. The van der Waals surface area contributed by atoms with Crippen molar-refractivity contribution in [1.29, 1.82) is 0 Å². The number of carbonyl (C=O) groups excluding carboxylic acids is 2. The van der Waals surface area contributed by atoms with E-state index in [1.807, 2.05) is 32.0 Å². The zero-order chi connectivity index (χ0) is 19.6. The van der Waals surface area contributed by atoms with E-state index >= 15 is 0 Å². The minimum Gasteiger partial charge on any atom is -0.497 e. The third-order valence-corrected chi connectivity index (χ3v) is 4.92. The molecule has 0 saturated carbocycles. The van der Waals surface area contributed by atoms with Crippen LogP contribution in [0.25, 0.3) is 0 Å². The Balaban J connectivity index is 1.72. The molecule has 0 aliphatic carbocycles. The predicted molar refractivity (Wildman–Crippen MR) is 104 cm³/mol. The van der Waals surface area contributed by atoms with Gasteiger partial charge in [0.15, 0.2) is 0 Å². The number of carbonyl (C=O) groups is 2. The van der Waals surface area contributed by atoms with Crippen LogP contribution in [0, 0.1) is 13.8 Å². The van der Waals surface area contributed by atoms with Crippen molar-refractivity contribution in [2.75, 3.05) is 25.7 Å². The Morgan fingerprint density at radius 3 is 2.52 bits per heavy atom. The monoisotopic (exact) mass is 368 g/mol. The number of anilines is 1. The molecule has 0 bridgehead atoms. The quantitative estimate of drug-likeness (QED) is 0.881.